The molecular weight excluding hydrogens is 120 g/mol. The predicted molar refractivity (Wildman–Crippen MR) is 31.3 cm³/mol. The van der Waals surface area contributed by atoms with Crippen molar-refractivity contribution < 1.29 is 9.22 Å². The van der Waals surface area contributed by atoms with Crippen LogP contribution in [-0.2, 0) is 9.22 Å². The average Bonchev–Trinajstić information content (AvgIpc) is 1.65. The third-order valence-electron chi connectivity index (χ3n) is 0.568. The van der Waals surface area contributed by atoms with Crippen molar-refractivity contribution in [3.05, 3.63) is 11.8 Å². The van der Waals surface area contributed by atoms with Gasteiger partial charge < -0.3 is 4.43 Å². The maximum atomic E-state index is 10.2. The first kappa shape index (κ1) is 7.43. The van der Waals surface area contributed by atoms with Gasteiger partial charge in [0.2, 0.25) is 0 Å². The minimum absolute atomic E-state index is 0.0132. The summed E-state index contributed by atoms with van der Waals surface area (Å²) in [5.41, 5.74) is 0. The van der Waals surface area contributed by atoms with Gasteiger partial charge in [0.1, 0.15) is 0 Å². The molecule has 3 heteroatoms. The van der Waals surface area contributed by atoms with Crippen LogP contribution >= 0.6 is 0 Å². The summed E-state index contributed by atoms with van der Waals surface area (Å²) in [6.45, 7) is 3.16. The van der Waals surface area contributed by atoms with Crippen LogP contribution in [0.4, 0.5) is 0 Å². The molecule has 0 N–H and O–H groups in total. The summed E-state index contributed by atoms with van der Waals surface area (Å²) < 4.78 is 4.51. The lowest BCUT2D eigenvalue weighted by Gasteiger charge is -1.93. The minimum Gasteiger partial charge on any atom is -0.544 e. The largest absolute Gasteiger partial charge is 0.544 e. The van der Waals surface area contributed by atoms with Gasteiger partial charge in [0.25, 0.3) is 0 Å². The molecule has 0 aliphatic heterocycles. The summed E-state index contributed by atoms with van der Waals surface area (Å²) in [4.78, 5) is 10.2. The molecule has 2 nitrogen and oxygen atoms in total. The van der Waals surface area contributed by atoms with Gasteiger partial charge in [-0.25, -0.2) is 0 Å². The zero-order valence-corrected chi connectivity index (χ0v) is 5.89. The van der Waals surface area contributed by atoms with Gasteiger partial charge in [-0.3, -0.25) is 4.79 Å². The number of rotatable bonds is 2. The first-order valence-electron chi connectivity index (χ1n) is 2.19. The third-order valence-corrected chi connectivity index (χ3v) is 0.889. The number of carbonyl (C=O) groups is 1. The Labute approximate surface area is 52.1 Å². The minimum atomic E-state index is -0.0132. The molecule has 0 aromatic carbocycles. The van der Waals surface area contributed by atoms with Crippen molar-refractivity contribution in [1.82, 2.24) is 0 Å². The second kappa shape index (κ2) is 3.43. The fourth-order valence-electron chi connectivity index (χ4n) is 0.316. The van der Waals surface area contributed by atoms with Crippen molar-refractivity contribution in [1.29, 1.82) is 0 Å². The molecule has 0 aliphatic carbocycles. The van der Waals surface area contributed by atoms with E-state index in [-0.39, 0.29) is 5.78 Å². The molecule has 43 valence electrons. The van der Waals surface area contributed by atoms with Gasteiger partial charge in [-0.15, -0.1) is 0 Å². The van der Waals surface area contributed by atoms with Crippen molar-refractivity contribution in [2.45, 2.75) is 13.8 Å². The van der Waals surface area contributed by atoms with E-state index in [9.17, 15) is 4.79 Å². The summed E-state index contributed by atoms with van der Waals surface area (Å²) in [6, 6.07) is 0. The van der Waals surface area contributed by atoms with Gasteiger partial charge in [0, 0.05) is 6.08 Å². The Bertz CT molecular complexity index is 118. The fourth-order valence-corrected chi connectivity index (χ4v) is 0.375. The van der Waals surface area contributed by atoms with E-state index in [4.69, 9.17) is 0 Å². The van der Waals surface area contributed by atoms with E-state index in [0.717, 1.165) is 0 Å². The van der Waals surface area contributed by atoms with Crippen LogP contribution in [0.3, 0.4) is 0 Å². The van der Waals surface area contributed by atoms with Gasteiger partial charge in [-0.1, -0.05) is 0 Å². The Morgan fingerprint density at radius 2 is 2.12 bits per heavy atom. The Morgan fingerprint density at radius 1 is 1.62 bits per heavy atom. The maximum Gasteiger partial charge on any atom is 0.340 e. The van der Waals surface area contributed by atoms with E-state index in [0.29, 0.717) is 5.76 Å². The third kappa shape index (κ3) is 3.61. The highest BCUT2D eigenvalue weighted by molar-refractivity contribution is 5.99. The van der Waals surface area contributed by atoms with Crippen LogP contribution in [0, 0.1) is 0 Å². The molecule has 0 rings (SSSR count). The van der Waals surface area contributed by atoms with Crippen molar-refractivity contribution in [2.24, 2.45) is 0 Å². The summed E-state index contributed by atoms with van der Waals surface area (Å²) in [6.07, 6.45) is 1.40. The second-order valence-electron chi connectivity index (χ2n) is 1.47. The van der Waals surface area contributed by atoms with Crippen LogP contribution in [0.1, 0.15) is 13.8 Å². The van der Waals surface area contributed by atoms with Crippen molar-refractivity contribution in [2.75, 3.05) is 0 Å². The second-order valence-corrected chi connectivity index (χ2v) is 1.67. The zero-order valence-electron chi connectivity index (χ0n) is 4.89. The van der Waals surface area contributed by atoms with Crippen LogP contribution in [-0.4, -0.2) is 16.3 Å². The molecule has 0 bridgehead atoms. The highest BCUT2D eigenvalue weighted by Gasteiger charge is 1.86. The number of hydrogen-bond acceptors (Lipinski definition) is 2. The van der Waals surface area contributed by atoms with Crippen molar-refractivity contribution in [3.8, 4) is 0 Å². The zero-order chi connectivity index (χ0) is 6.57. The van der Waals surface area contributed by atoms with Crippen LogP contribution in [0.25, 0.3) is 0 Å². The van der Waals surface area contributed by atoms with E-state index >= 15 is 0 Å². The predicted octanol–water partition coefficient (Wildman–Crippen LogP) is 0.579. The van der Waals surface area contributed by atoms with Gasteiger partial charge in [-0.05, 0) is 13.8 Å². The fraction of sp³-hybridized carbons (Fsp3) is 0.400. The average molecular weight is 127 g/mol. The lowest BCUT2D eigenvalue weighted by Crippen LogP contribution is -1.87. The Kier molecular flexibility index (Phi) is 3.19. The van der Waals surface area contributed by atoms with Crippen LogP contribution < -0.4 is 0 Å². The molecule has 0 aliphatic rings. The molecule has 0 saturated carbocycles. The molecule has 0 unspecified atom stereocenters. The van der Waals surface area contributed by atoms with Gasteiger partial charge in [0.05, 0.1) is 5.76 Å². The first-order chi connectivity index (χ1) is 3.66. The summed E-state index contributed by atoms with van der Waals surface area (Å²) in [5, 5.41) is 0. The number of carbonyl (C=O) groups excluding carboxylic acids is 1. The van der Waals surface area contributed by atoms with Gasteiger partial charge in [-0.2, -0.15) is 0 Å². The molecular formula is C5H7O2Si. The quantitative estimate of drug-likeness (QED) is 0.308. The SMILES string of the molecule is CC(=O)/C=C(\C)O[Si]. The number of allylic oxidation sites excluding steroid dienone is 2. The van der Waals surface area contributed by atoms with Crippen molar-refractivity contribution in [3.63, 3.8) is 0 Å². The monoisotopic (exact) mass is 127 g/mol. The Balaban J connectivity index is 3.75. The molecule has 0 spiro atoms. The number of hydrogen-bond donors (Lipinski definition) is 0. The van der Waals surface area contributed by atoms with E-state index in [1.807, 2.05) is 0 Å². The van der Waals surface area contributed by atoms with Crippen molar-refractivity contribution >= 4 is 16.3 Å². The molecule has 0 atom stereocenters. The van der Waals surface area contributed by atoms with Gasteiger partial charge >= 0.3 is 10.5 Å². The molecule has 0 heterocycles. The molecule has 8 heavy (non-hydrogen) atoms. The summed E-state index contributed by atoms with van der Waals surface area (Å²) in [7, 11) is 2.77. The molecule has 0 amide bonds. The van der Waals surface area contributed by atoms with E-state index in [1.165, 1.54) is 13.0 Å². The molecule has 0 aromatic rings. The van der Waals surface area contributed by atoms with E-state index in [1.54, 1.807) is 6.92 Å². The first-order valence-corrected chi connectivity index (χ1v) is 2.60. The lowest BCUT2D eigenvalue weighted by atomic mass is 10.4. The molecule has 0 aromatic heterocycles. The van der Waals surface area contributed by atoms with Crippen LogP contribution in [0.15, 0.2) is 11.8 Å². The summed E-state index contributed by atoms with van der Waals surface area (Å²) >= 11 is 0. The smallest absolute Gasteiger partial charge is 0.340 e. The molecule has 3 radical (unpaired) electrons. The highest BCUT2D eigenvalue weighted by atomic mass is 28.2. The topological polar surface area (TPSA) is 26.3 Å². The summed E-state index contributed by atoms with van der Waals surface area (Å²) in [5.74, 6) is 0.551. The van der Waals surface area contributed by atoms with Crippen LogP contribution in [0.2, 0.25) is 0 Å². The number of ketones is 1. The Hall–Kier alpha value is -0.573. The normalized spacial score (nSPS) is 11.1. The Morgan fingerprint density at radius 3 is 2.25 bits per heavy atom. The van der Waals surface area contributed by atoms with E-state index < -0.39 is 0 Å². The van der Waals surface area contributed by atoms with Gasteiger partial charge in [0.15, 0.2) is 5.78 Å². The van der Waals surface area contributed by atoms with Crippen LogP contribution in [0.5, 0.6) is 0 Å². The highest BCUT2D eigenvalue weighted by Crippen LogP contribution is 1.89. The maximum absolute atomic E-state index is 10.2. The standard InChI is InChI=1S/C5H7O2Si/c1-4(6)3-5(2)7-8/h3H,1-2H3/b5-3+. The van der Waals surface area contributed by atoms with E-state index in [2.05, 4.69) is 14.9 Å². The molecule has 0 fully saturated rings. The molecule has 0 saturated heterocycles. The lowest BCUT2D eigenvalue weighted by molar-refractivity contribution is -0.112.